The minimum absolute atomic E-state index is 0.0228. The monoisotopic (exact) mass is 313 g/mol. The van der Waals surface area contributed by atoms with E-state index in [4.69, 9.17) is 17.3 Å². The van der Waals surface area contributed by atoms with Crippen LogP contribution < -0.4 is 5.73 Å². The number of likely N-dealkylation sites (N-methyl/N-ethyl adjacent to an activating group) is 1. The van der Waals surface area contributed by atoms with Gasteiger partial charge in [0.15, 0.2) is 0 Å². The Morgan fingerprint density at radius 3 is 2.76 bits per heavy atom. The lowest BCUT2D eigenvalue weighted by Crippen LogP contribution is -2.44. The molecule has 0 saturated carbocycles. The molecule has 0 aromatic heterocycles. The van der Waals surface area contributed by atoms with Crippen LogP contribution in [0.15, 0.2) is 18.2 Å². The number of nitrogens with zero attached hydrogens (tertiary/aromatic N) is 2. The average molecular weight is 314 g/mol. The van der Waals surface area contributed by atoms with E-state index in [-0.39, 0.29) is 11.9 Å². The SMILES string of the molecule is CCC1CN(C)CCCN1C(CN)c1cc(F)cc(Cl)c1. The first-order chi connectivity index (χ1) is 10.0. The molecule has 1 aliphatic heterocycles. The molecule has 118 valence electrons. The molecule has 5 heteroatoms. The summed E-state index contributed by atoms with van der Waals surface area (Å²) in [6.45, 7) is 5.77. The largest absolute Gasteiger partial charge is 0.329 e. The zero-order chi connectivity index (χ0) is 15.4. The Labute approximate surface area is 131 Å². The van der Waals surface area contributed by atoms with Crippen molar-refractivity contribution in [2.45, 2.75) is 31.8 Å². The lowest BCUT2D eigenvalue weighted by atomic mass is 10.0. The summed E-state index contributed by atoms with van der Waals surface area (Å²) in [4.78, 5) is 4.79. The molecule has 1 saturated heterocycles. The first kappa shape index (κ1) is 16.7. The van der Waals surface area contributed by atoms with Gasteiger partial charge < -0.3 is 10.6 Å². The van der Waals surface area contributed by atoms with Gasteiger partial charge in [0.25, 0.3) is 0 Å². The van der Waals surface area contributed by atoms with Crippen molar-refractivity contribution >= 4 is 11.6 Å². The highest BCUT2D eigenvalue weighted by Crippen LogP contribution is 2.28. The highest BCUT2D eigenvalue weighted by atomic mass is 35.5. The molecular formula is C16H25ClFN3. The molecule has 0 bridgehead atoms. The van der Waals surface area contributed by atoms with Gasteiger partial charge in [-0.3, -0.25) is 4.90 Å². The molecule has 1 aliphatic rings. The number of rotatable bonds is 4. The van der Waals surface area contributed by atoms with Crippen LogP contribution in [0.4, 0.5) is 4.39 Å². The Morgan fingerprint density at radius 1 is 1.38 bits per heavy atom. The van der Waals surface area contributed by atoms with Crippen molar-refractivity contribution in [3.8, 4) is 0 Å². The third-order valence-corrected chi connectivity index (χ3v) is 4.53. The molecule has 1 aromatic carbocycles. The van der Waals surface area contributed by atoms with E-state index in [9.17, 15) is 4.39 Å². The summed E-state index contributed by atoms with van der Waals surface area (Å²) in [5.74, 6) is -0.295. The Balaban J connectivity index is 2.29. The Kier molecular flexibility index (Phi) is 5.99. The Hall–Kier alpha value is -0.680. The molecule has 1 heterocycles. The molecular weight excluding hydrogens is 289 g/mol. The van der Waals surface area contributed by atoms with E-state index in [1.807, 2.05) is 6.07 Å². The third kappa shape index (κ3) is 4.16. The Morgan fingerprint density at radius 2 is 2.14 bits per heavy atom. The topological polar surface area (TPSA) is 32.5 Å². The van der Waals surface area contributed by atoms with Gasteiger partial charge in [0.05, 0.1) is 0 Å². The van der Waals surface area contributed by atoms with Crippen molar-refractivity contribution in [1.29, 1.82) is 0 Å². The van der Waals surface area contributed by atoms with Crippen LogP contribution >= 0.6 is 11.6 Å². The van der Waals surface area contributed by atoms with Crippen LogP contribution in [0.5, 0.6) is 0 Å². The van der Waals surface area contributed by atoms with Crippen molar-refractivity contribution in [3.05, 3.63) is 34.6 Å². The van der Waals surface area contributed by atoms with E-state index < -0.39 is 0 Å². The third-order valence-electron chi connectivity index (χ3n) is 4.31. The van der Waals surface area contributed by atoms with Crippen molar-refractivity contribution in [3.63, 3.8) is 0 Å². The number of hydrogen-bond donors (Lipinski definition) is 1. The van der Waals surface area contributed by atoms with E-state index in [1.54, 1.807) is 6.07 Å². The second kappa shape index (κ2) is 7.54. The van der Waals surface area contributed by atoms with Crippen LogP contribution in [0.25, 0.3) is 0 Å². The number of halogens is 2. The average Bonchev–Trinajstić information content (AvgIpc) is 2.60. The van der Waals surface area contributed by atoms with Crippen molar-refractivity contribution in [2.75, 3.05) is 33.2 Å². The highest BCUT2D eigenvalue weighted by Gasteiger charge is 2.28. The van der Waals surface area contributed by atoms with Gasteiger partial charge in [-0.25, -0.2) is 4.39 Å². The van der Waals surface area contributed by atoms with Gasteiger partial charge in [0, 0.05) is 36.7 Å². The van der Waals surface area contributed by atoms with Crippen LogP contribution in [0, 0.1) is 5.82 Å². The van der Waals surface area contributed by atoms with Gasteiger partial charge in [-0.05, 0) is 50.2 Å². The number of hydrogen-bond acceptors (Lipinski definition) is 3. The van der Waals surface area contributed by atoms with Gasteiger partial charge >= 0.3 is 0 Å². The molecule has 2 atom stereocenters. The van der Waals surface area contributed by atoms with Gasteiger partial charge in [-0.2, -0.15) is 0 Å². The zero-order valence-electron chi connectivity index (χ0n) is 12.9. The lowest BCUT2D eigenvalue weighted by Gasteiger charge is -2.37. The fourth-order valence-corrected chi connectivity index (χ4v) is 3.50. The van der Waals surface area contributed by atoms with E-state index in [2.05, 4.69) is 23.8 Å². The fraction of sp³-hybridized carbons (Fsp3) is 0.625. The molecule has 0 radical (unpaired) electrons. The Bertz CT molecular complexity index is 449. The maximum atomic E-state index is 13.7. The summed E-state index contributed by atoms with van der Waals surface area (Å²) in [7, 11) is 2.16. The van der Waals surface area contributed by atoms with Gasteiger partial charge in [-0.1, -0.05) is 18.5 Å². The maximum Gasteiger partial charge on any atom is 0.125 e. The summed E-state index contributed by atoms with van der Waals surface area (Å²) < 4.78 is 13.7. The van der Waals surface area contributed by atoms with Gasteiger partial charge in [-0.15, -0.1) is 0 Å². The summed E-state index contributed by atoms with van der Waals surface area (Å²) >= 11 is 6.01. The van der Waals surface area contributed by atoms with E-state index in [0.717, 1.165) is 38.0 Å². The predicted molar refractivity (Wildman–Crippen MR) is 86.1 cm³/mol. The first-order valence-electron chi connectivity index (χ1n) is 7.65. The van der Waals surface area contributed by atoms with E-state index in [0.29, 0.717) is 17.6 Å². The van der Waals surface area contributed by atoms with Crippen LogP contribution in [-0.4, -0.2) is 49.1 Å². The molecule has 21 heavy (non-hydrogen) atoms. The molecule has 0 spiro atoms. The quantitative estimate of drug-likeness (QED) is 0.927. The minimum Gasteiger partial charge on any atom is -0.329 e. The lowest BCUT2D eigenvalue weighted by molar-refractivity contribution is 0.131. The smallest absolute Gasteiger partial charge is 0.125 e. The molecule has 0 amide bonds. The summed E-state index contributed by atoms with van der Waals surface area (Å²) in [6, 6.07) is 5.20. The minimum atomic E-state index is -0.295. The second-order valence-corrected chi connectivity index (χ2v) is 6.31. The maximum absolute atomic E-state index is 13.7. The predicted octanol–water partition coefficient (Wildman–Crippen LogP) is 2.90. The molecule has 0 aliphatic carbocycles. The van der Waals surface area contributed by atoms with Crippen LogP contribution in [-0.2, 0) is 0 Å². The van der Waals surface area contributed by atoms with Crippen LogP contribution in [0.3, 0.4) is 0 Å². The molecule has 1 fully saturated rings. The normalized spacial score (nSPS) is 23.0. The summed E-state index contributed by atoms with van der Waals surface area (Å²) in [5.41, 5.74) is 6.90. The highest BCUT2D eigenvalue weighted by molar-refractivity contribution is 6.30. The van der Waals surface area contributed by atoms with E-state index in [1.165, 1.54) is 6.07 Å². The van der Waals surface area contributed by atoms with Crippen LogP contribution in [0.1, 0.15) is 31.4 Å². The number of nitrogens with two attached hydrogens (primary N) is 1. The zero-order valence-corrected chi connectivity index (χ0v) is 13.6. The van der Waals surface area contributed by atoms with Crippen LogP contribution in [0.2, 0.25) is 5.02 Å². The molecule has 2 rings (SSSR count). The standard InChI is InChI=1S/C16H25ClFN3/c1-3-15-11-20(2)5-4-6-21(15)16(10-19)12-7-13(17)9-14(18)8-12/h7-9,15-16H,3-6,10-11,19H2,1-2H3. The second-order valence-electron chi connectivity index (χ2n) is 5.87. The van der Waals surface area contributed by atoms with Crippen molar-refractivity contribution in [1.82, 2.24) is 9.80 Å². The fourth-order valence-electron chi connectivity index (χ4n) is 3.27. The summed E-state index contributed by atoms with van der Waals surface area (Å²) in [5, 5.41) is 0.434. The molecule has 3 nitrogen and oxygen atoms in total. The molecule has 1 aromatic rings. The van der Waals surface area contributed by atoms with E-state index >= 15 is 0 Å². The number of benzene rings is 1. The van der Waals surface area contributed by atoms with Gasteiger partial charge in [0.1, 0.15) is 5.82 Å². The van der Waals surface area contributed by atoms with Crippen molar-refractivity contribution in [2.24, 2.45) is 5.73 Å². The summed E-state index contributed by atoms with van der Waals surface area (Å²) in [6.07, 6.45) is 2.16. The van der Waals surface area contributed by atoms with Crippen molar-refractivity contribution < 1.29 is 4.39 Å². The molecule has 2 unspecified atom stereocenters. The van der Waals surface area contributed by atoms with Gasteiger partial charge in [0.2, 0.25) is 0 Å². The molecule has 2 N–H and O–H groups in total. The first-order valence-corrected chi connectivity index (χ1v) is 8.03.